The summed E-state index contributed by atoms with van der Waals surface area (Å²) in [7, 11) is 0. The van der Waals surface area contributed by atoms with E-state index in [-0.39, 0.29) is 5.78 Å². The molecule has 4 heteroatoms. The molecule has 0 aliphatic carbocycles. The highest BCUT2D eigenvalue weighted by Crippen LogP contribution is 2.22. The lowest BCUT2D eigenvalue weighted by Crippen LogP contribution is -2.01. The Morgan fingerprint density at radius 2 is 1.71 bits per heavy atom. The van der Waals surface area contributed by atoms with Crippen LogP contribution in [0.3, 0.4) is 0 Å². The Morgan fingerprint density at radius 1 is 1.06 bits per heavy atom. The molecule has 0 fully saturated rings. The molecule has 0 amide bonds. The first-order chi connectivity index (χ1) is 8.06. The highest BCUT2D eigenvalue weighted by atomic mass is 79.9. The van der Waals surface area contributed by atoms with Crippen molar-refractivity contribution in [2.24, 2.45) is 0 Å². The molecule has 0 saturated carbocycles. The molecule has 0 bridgehead atoms. The first-order valence-corrected chi connectivity index (χ1v) is 6.10. The lowest BCUT2D eigenvalue weighted by molar-refractivity contribution is 0.103. The van der Waals surface area contributed by atoms with Crippen LogP contribution < -0.4 is 5.73 Å². The minimum absolute atomic E-state index is 0.0757. The second-order valence-electron chi connectivity index (χ2n) is 3.61. The molecular weight excluding hydrogens is 302 g/mol. The van der Waals surface area contributed by atoms with Gasteiger partial charge in [0.2, 0.25) is 0 Å². The van der Waals surface area contributed by atoms with Crippen LogP contribution in [0.4, 0.5) is 5.69 Å². The van der Waals surface area contributed by atoms with Crippen molar-refractivity contribution in [3.63, 3.8) is 0 Å². The van der Waals surface area contributed by atoms with Crippen LogP contribution in [-0.4, -0.2) is 5.78 Å². The van der Waals surface area contributed by atoms with Gasteiger partial charge in [-0.3, -0.25) is 4.79 Å². The number of nitrogen functional groups attached to an aromatic ring is 1. The van der Waals surface area contributed by atoms with E-state index >= 15 is 0 Å². The van der Waals surface area contributed by atoms with E-state index in [0.29, 0.717) is 21.8 Å². The monoisotopic (exact) mass is 309 g/mol. The molecule has 2 N–H and O–H groups in total. The maximum absolute atomic E-state index is 12.1. The molecule has 0 unspecified atom stereocenters. The number of nitrogens with two attached hydrogens (primary N) is 1. The number of hydrogen-bond acceptors (Lipinski definition) is 2. The quantitative estimate of drug-likeness (QED) is 0.675. The van der Waals surface area contributed by atoms with E-state index in [2.05, 4.69) is 15.9 Å². The van der Waals surface area contributed by atoms with E-state index in [1.165, 1.54) is 0 Å². The van der Waals surface area contributed by atoms with Crippen molar-refractivity contribution in [1.29, 1.82) is 0 Å². The number of ketones is 1. The number of anilines is 1. The molecule has 0 radical (unpaired) electrons. The van der Waals surface area contributed by atoms with Gasteiger partial charge in [0.15, 0.2) is 5.78 Å². The Balaban J connectivity index is 2.40. The van der Waals surface area contributed by atoms with E-state index in [0.717, 1.165) is 4.47 Å². The fraction of sp³-hybridized carbons (Fsp3) is 0. The smallest absolute Gasteiger partial charge is 0.193 e. The zero-order chi connectivity index (χ0) is 12.4. The van der Waals surface area contributed by atoms with Crippen molar-refractivity contribution in [2.75, 3.05) is 5.73 Å². The van der Waals surface area contributed by atoms with Crippen molar-refractivity contribution in [2.45, 2.75) is 0 Å². The minimum Gasteiger partial charge on any atom is -0.399 e. The maximum Gasteiger partial charge on any atom is 0.193 e. The summed E-state index contributed by atoms with van der Waals surface area (Å²) in [6.45, 7) is 0. The molecule has 2 aromatic rings. The molecule has 0 aliphatic heterocycles. The van der Waals surface area contributed by atoms with Gasteiger partial charge < -0.3 is 5.73 Å². The molecule has 17 heavy (non-hydrogen) atoms. The fourth-order valence-corrected chi connectivity index (χ4v) is 2.35. The van der Waals surface area contributed by atoms with Crippen LogP contribution in [0.25, 0.3) is 0 Å². The van der Waals surface area contributed by atoms with Crippen molar-refractivity contribution < 1.29 is 4.79 Å². The Bertz CT molecular complexity index is 546. The van der Waals surface area contributed by atoms with Gasteiger partial charge in [-0.2, -0.15) is 0 Å². The first kappa shape index (κ1) is 12.1. The van der Waals surface area contributed by atoms with Gasteiger partial charge >= 0.3 is 0 Å². The topological polar surface area (TPSA) is 43.1 Å². The summed E-state index contributed by atoms with van der Waals surface area (Å²) < 4.78 is 0.781. The summed E-state index contributed by atoms with van der Waals surface area (Å²) in [5.41, 5.74) is 7.35. The highest BCUT2D eigenvalue weighted by Gasteiger charge is 2.10. The average molecular weight is 311 g/mol. The third-order valence-electron chi connectivity index (χ3n) is 2.30. The van der Waals surface area contributed by atoms with Crippen molar-refractivity contribution in [1.82, 2.24) is 0 Å². The van der Waals surface area contributed by atoms with Crippen LogP contribution in [0.15, 0.2) is 46.9 Å². The van der Waals surface area contributed by atoms with E-state index in [1.807, 2.05) is 0 Å². The van der Waals surface area contributed by atoms with Crippen LogP contribution in [0.1, 0.15) is 15.9 Å². The molecule has 2 rings (SSSR count). The molecule has 0 spiro atoms. The largest absolute Gasteiger partial charge is 0.399 e. The van der Waals surface area contributed by atoms with Crippen molar-refractivity contribution >= 4 is 39.0 Å². The summed E-state index contributed by atoms with van der Waals surface area (Å²) in [6.07, 6.45) is 0. The number of carbonyl (C=O) groups is 1. The fourth-order valence-electron chi connectivity index (χ4n) is 1.49. The predicted molar refractivity (Wildman–Crippen MR) is 73.4 cm³/mol. The normalized spacial score (nSPS) is 10.2. The second kappa shape index (κ2) is 4.90. The van der Waals surface area contributed by atoms with Gasteiger partial charge in [0, 0.05) is 26.3 Å². The summed E-state index contributed by atoms with van der Waals surface area (Å²) >= 11 is 9.21. The summed E-state index contributed by atoms with van der Waals surface area (Å²) in [5.74, 6) is -0.0757. The van der Waals surface area contributed by atoms with Gasteiger partial charge in [-0.1, -0.05) is 27.5 Å². The van der Waals surface area contributed by atoms with E-state index in [9.17, 15) is 4.79 Å². The number of halogens is 2. The molecule has 0 aliphatic rings. The van der Waals surface area contributed by atoms with Crippen LogP contribution in [0.2, 0.25) is 5.02 Å². The summed E-state index contributed by atoms with van der Waals surface area (Å²) in [4.78, 5) is 12.1. The predicted octanol–water partition coefficient (Wildman–Crippen LogP) is 3.92. The van der Waals surface area contributed by atoms with Gasteiger partial charge in [-0.05, 0) is 42.5 Å². The van der Waals surface area contributed by atoms with Gasteiger partial charge in [0.25, 0.3) is 0 Å². The van der Waals surface area contributed by atoms with Gasteiger partial charge in [0.05, 0.1) is 0 Å². The van der Waals surface area contributed by atoms with Crippen LogP contribution >= 0.6 is 27.5 Å². The summed E-state index contributed by atoms with van der Waals surface area (Å²) in [5, 5.41) is 0.526. The molecule has 86 valence electrons. The second-order valence-corrected chi connectivity index (χ2v) is 4.96. The molecule has 0 aromatic heterocycles. The van der Waals surface area contributed by atoms with Gasteiger partial charge in [-0.25, -0.2) is 0 Å². The third-order valence-corrected chi connectivity index (χ3v) is 2.97. The van der Waals surface area contributed by atoms with Crippen molar-refractivity contribution in [3.05, 3.63) is 63.1 Å². The number of hydrogen-bond donors (Lipinski definition) is 1. The Morgan fingerprint density at radius 3 is 2.29 bits per heavy atom. The lowest BCUT2D eigenvalue weighted by atomic mass is 10.0. The van der Waals surface area contributed by atoms with Crippen molar-refractivity contribution in [3.8, 4) is 0 Å². The van der Waals surface area contributed by atoms with Crippen LogP contribution in [-0.2, 0) is 0 Å². The molecule has 2 aromatic carbocycles. The SMILES string of the molecule is Nc1ccc(C(=O)c2cc(Cl)cc(Br)c2)cc1. The number of benzene rings is 2. The van der Waals surface area contributed by atoms with E-state index < -0.39 is 0 Å². The average Bonchev–Trinajstić information content (AvgIpc) is 2.28. The minimum atomic E-state index is -0.0757. The van der Waals surface area contributed by atoms with Crippen LogP contribution in [0, 0.1) is 0 Å². The first-order valence-electron chi connectivity index (χ1n) is 4.92. The molecule has 0 atom stereocenters. The number of rotatable bonds is 2. The highest BCUT2D eigenvalue weighted by molar-refractivity contribution is 9.10. The van der Waals surface area contributed by atoms with Crippen LogP contribution in [0.5, 0.6) is 0 Å². The van der Waals surface area contributed by atoms with Gasteiger partial charge in [-0.15, -0.1) is 0 Å². The Hall–Kier alpha value is -1.32. The molecule has 2 nitrogen and oxygen atoms in total. The lowest BCUT2D eigenvalue weighted by Gasteiger charge is -2.03. The van der Waals surface area contributed by atoms with E-state index in [1.54, 1.807) is 42.5 Å². The zero-order valence-corrected chi connectivity index (χ0v) is 11.1. The van der Waals surface area contributed by atoms with E-state index in [4.69, 9.17) is 17.3 Å². The number of carbonyl (C=O) groups excluding carboxylic acids is 1. The third kappa shape index (κ3) is 2.87. The zero-order valence-electron chi connectivity index (χ0n) is 8.78. The molecule has 0 heterocycles. The Labute approximate surface area is 113 Å². The van der Waals surface area contributed by atoms with Gasteiger partial charge in [0.1, 0.15) is 0 Å². The molecular formula is C13H9BrClNO. The molecule has 0 saturated heterocycles. The standard InChI is InChI=1S/C13H9BrClNO/c14-10-5-9(6-11(15)7-10)13(17)8-1-3-12(16)4-2-8/h1-7H,16H2. The summed E-state index contributed by atoms with van der Waals surface area (Å²) in [6, 6.07) is 11.9. The Kier molecular flexibility index (Phi) is 3.50. The maximum atomic E-state index is 12.1.